The van der Waals surface area contributed by atoms with E-state index in [0.29, 0.717) is 11.2 Å². The van der Waals surface area contributed by atoms with E-state index in [4.69, 9.17) is 9.26 Å². The van der Waals surface area contributed by atoms with Gasteiger partial charge in [-0.1, -0.05) is 62.4 Å². The van der Waals surface area contributed by atoms with Crippen molar-refractivity contribution in [1.29, 1.82) is 0 Å². The zero-order valence-electron chi connectivity index (χ0n) is 15.0. The van der Waals surface area contributed by atoms with Crippen LogP contribution in [0.4, 0.5) is 0 Å². The molecule has 1 fully saturated rings. The first-order valence-electron chi connectivity index (χ1n) is 9.52. The molecule has 1 aromatic carbocycles. The number of ether oxygens (including phenoxy) is 1. The van der Waals surface area contributed by atoms with Gasteiger partial charge in [-0.2, -0.15) is 0 Å². The Bertz CT molecular complexity index is 649. The van der Waals surface area contributed by atoms with Gasteiger partial charge in [0.1, 0.15) is 17.0 Å². The van der Waals surface area contributed by atoms with Crippen molar-refractivity contribution >= 4 is 15.9 Å². The van der Waals surface area contributed by atoms with Crippen molar-refractivity contribution in [2.24, 2.45) is 11.8 Å². The summed E-state index contributed by atoms with van der Waals surface area (Å²) in [5, 5.41) is 3.83. The second-order valence-corrected chi connectivity index (χ2v) is 8.21. The summed E-state index contributed by atoms with van der Waals surface area (Å²) < 4.78 is 11.9. The van der Waals surface area contributed by atoms with Crippen LogP contribution in [0.1, 0.15) is 63.2 Å². The predicted octanol–water partition coefficient (Wildman–Crippen LogP) is 6.56. The van der Waals surface area contributed by atoms with Gasteiger partial charge in [-0.3, -0.25) is 0 Å². The molecule has 1 aliphatic carbocycles. The van der Waals surface area contributed by atoms with Gasteiger partial charge in [0.15, 0.2) is 5.76 Å². The van der Waals surface area contributed by atoms with E-state index >= 15 is 0 Å². The minimum absolute atomic E-state index is 0.410. The molecule has 2 aromatic rings. The minimum Gasteiger partial charge on any atom is -0.485 e. The van der Waals surface area contributed by atoms with Crippen molar-refractivity contribution in [3.8, 4) is 5.75 Å². The second-order valence-electron chi connectivity index (χ2n) is 7.40. The predicted molar refractivity (Wildman–Crippen MR) is 104 cm³/mol. The molecule has 0 radical (unpaired) electrons. The Labute approximate surface area is 159 Å². The fourth-order valence-electron chi connectivity index (χ4n) is 3.87. The average Bonchev–Trinajstić information content (AvgIpc) is 3.05. The summed E-state index contributed by atoms with van der Waals surface area (Å²) in [4.78, 5) is 0. The summed E-state index contributed by atoms with van der Waals surface area (Å²) in [5.74, 6) is 3.42. The zero-order valence-corrected chi connectivity index (χ0v) is 16.6. The fourth-order valence-corrected chi connectivity index (χ4v) is 4.20. The topological polar surface area (TPSA) is 35.3 Å². The molecule has 1 saturated carbocycles. The number of nitrogens with zero attached hydrogens (tertiary/aromatic N) is 1. The molecule has 4 heteroatoms. The normalized spacial score (nSPS) is 16.7. The molecule has 1 unspecified atom stereocenters. The monoisotopic (exact) mass is 405 g/mol. The van der Waals surface area contributed by atoms with Crippen LogP contribution in [0.25, 0.3) is 0 Å². The van der Waals surface area contributed by atoms with Crippen molar-refractivity contribution in [3.63, 3.8) is 0 Å². The number of aryl methyl sites for hydroxylation is 1. The van der Waals surface area contributed by atoms with Crippen LogP contribution < -0.4 is 4.74 Å². The van der Waals surface area contributed by atoms with E-state index in [1.807, 2.05) is 18.2 Å². The first-order valence-corrected chi connectivity index (χ1v) is 10.3. The summed E-state index contributed by atoms with van der Waals surface area (Å²) in [6.45, 7) is 2.82. The third kappa shape index (κ3) is 5.88. The van der Waals surface area contributed by atoms with Crippen LogP contribution in [0.3, 0.4) is 0 Å². The summed E-state index contributed by atoms with van der Waals surface area (Å²) in [6, 6.07) is 10.2. The lowest BCUT2D eigenvalue weighted by Gasteiger charge is -2.24. The third-order valence-electron chi connectivity index (χ3n) is 5.24. The van der Waals surface area contributed by atoms with E-state index < -0.39 is 0 Å². The summed E-state index contributed by atoms with van der Waals surface area (Å²) in [6.07, 6.45) is 10.9. The van der Waals surface area contributed by atoms with Gasteiger partial charge in [0, 0.05) is 6.07 Å². The summed E-state index contributed by atoms with van der Waals surface area (Å²) in [5.41, 5.74) is 1.29. The Kier molecular flexibility index (Phi) is 6.97. The average molecular weight is 406 g/mol. The second kappa shape index (κ2) is 9.42. The molecule has 0 spiro atoms. The van der Waals surface area contributed by atoms with E-state index in [1.54, 1.807) is 0 Å². The van der Waals surface area contributed by atoms with Crippen molar-refractivity contribution in [3.05, 3.63) is 46.3 Å². The first-order chi connectivity index (χ1) is 12.2. The van der Waals surface area contributed by atoms with Crippen LogP contribution in [0.15, 0.2) is 39.5 Å². The third-order valence-corrected chi connectivity index (χ3v) is 5.61. The highest BCUT2D eigenvalue weighted by Crippen LogP contribution is 2.31. The number of rotatable bonds is 8. The highest BCUT2D eigenvalue weighted by molar-refractivity contribution is 9.10. The molecule has 0 amide bonds. The van der Waals surface area contributed by atoms with Gasteiger partial charge in [-0.15, -0.1) is 0 Å². The maximum Gasteiger partial charge on any atom is 0.175 e. The van der Waals surface area contributed by atoms with Crippen LogP contribution >= 0.6 is 15.9 Å². The van der Waals surface area contributed by atoms with Gasteiger partial charge in [-0.25, -0.2) is 0 Å². The summed E-state index contributed by atoms with van der Waals surface area (Å²) in [7, 11) is 0. The van der Waals surface area contributed by atoms with E-state index in [-0.39, 0.29) is 0 Å². The number of hydrogen-bond donors (Lipinski definition) is 0. The smallest absolute Gasteiger partial charge is 0.175 e. The van der Waals surface area contributed by atoms with Gasteiger partial charge in [0.2, 0.25) is 0 Å². The van der Waals surface area contributed by atoms with Crippen molar-refractivity contribution in [1.82, 2.24) is 5.16 Å². The Morgan fingerprint density at radius 3 is 2.80 bits per heavy atom. The Morgan fingerprint density at radius 2 is 2.04 bits per heavy atom. The molecule has 3 nitrogen and oxygen atoms in total. The molecule has 0 aliphatic heterocycles. The van der Waals surface area contributed by atoms with Crippen molar-refractivity contribution < 1.29 is 9.26 Å². The van der Waals surface area contributed by atoms with Crippen molar-refractivity contribution in [2.75, 3.05) is 0 Å². The van der Waals surface area contributed by atoms with E-state index in [2.05, 4.69) is 40.1 Å². The van der Waals surface area contributed by atoms with Crippen LogP contribution in [0, 0.1) is 11.8 Å². The van der Waals surface area contributed by atoms with Gasteiger partial charge in [0.25, 0.3) is 0 Å². The number of aromatic nitrogens is 1. The Balaban J connectivity index is 1.49. The quantitative estimate of drug-likeness (QED) is 0.498. The molecule has 0 bridgehead atoms. The number of halogens is 1. The molecule has 1 atom stereocenters. The maximum atomic E-state index is 5.96. The molecule has 136 valence electrons. The Hall–Kier alpha value is -1.29. The lowest BCUT2D eigenvalue weighted by molar-refractivity contribution is 0.246. The lowest BCUT2D eigenvalue weighted by Crippen LogP contribution is -2.11. The van der Waals surface area contributed by atoms with E-state index in [1.165, 1.54) is 50.5 Å². The van der Waals surface area contributed by atoms with Crippen molar-refractivity contribution in [2.45, 2.75) is 64.9 Å². The molecular weight excluding hydrogens is 378 g/mol. The van der Waals surface area contributed by atoms with Crippen LogP contribution in [-0.4, -0.2) is 5.16 Å². The standard InChI is InChI=1S/C21H28BrNO2/c1-16(13-17-7-3-2-4-8-17)11-12-18-9-5-6-10-20(18)24-15-19-14-21(22)23-25-19/h5-6,9-10,14,16-17H,2-4,7-8,11-13,15H2,1H3. The molecule has 0 N–H and O–H groups in total. The maximum absolute atomic E-state index is 5.96. The van der Waals surface area contributed by atoms with Crippen LogP contribution in [0.5, 0.6) is 5.75 Å². The molecule has 1 heterocycles. The molecular formula is C21H28BrNO2. The molecule has 0 saturated heterocycles. The minimum atomic E-state index is 0.410. The number of para-hydroxylation sites is 1. The number of benzene rings is 1. The highest BCUT2D eigenvalue weighted by atomic mass is 79.9. The fraction of sp³-hybridized carbons (Fsp3) is 0.571. The van der Waals surface area contributed by atoms with Crippen LogP contribution in [-0.2, 0) is 13.0 Å². The highest BCUT2D eigenvalue weighted by Gasteiger charge is 2.17. The number of hydrogen-bond acceptors (Lipinski definition) is 3. The van der Waals surface area contributed by atoms with Gasteiger partial charge < -0.3 is 9.26 Å². The van der Waals surface area contributed by atoms with E-state index in [9.17, 15) is 0 Å². The van der Waals surface area contributed by atoms with Crippen LogP contribution in [0.2, 0.25) is 0 Å². The molecule has 1 aromatic heterocycles. The van der Waals surface area contributed by atoms with E-state index in [0.717, 1.165) is 29.8 Å². The molecule has 1 aliphatic rings. The largest absolute Gasteiger partial charge is 0.485 e. The first kappa shape index (κ1) is 18.5. The van der Waals surface area contributed by atoms with Gasteiger partial charge in [-0.05, 0) is 58.7 Å². The van der Waals surface area contributed by atoms with Gasteiger partial charge >= 0.3 is 0 Å². The zero-order chi connectivity index (χ0) is 17.5. The SMILES string of the molecule is CC(CCc1ccccc1OCc1cc(Br)no1)CC1CCCCC1. The lowest BCUT2D eigenvalue weighted by atomic mass is 9.82. The molecule has 25 heavy (non-hydrogen) atoms. The Morgan fingerprint density at radius 1 is 1.24 bits per heavy atom. The molecule has 3 rings (SSSR count). The van der Waals surface area contributed by atoms with Gasteiger partial charge in [0.05, 0.1) is 0 Å². The summed E-state index contributed by atoms with van der Waals surface area (Å²) >= 11 is 3.29.